The molecule has 0 bridgehead atoms. The first-order chi connectivity index (χ1) is 7.70. The van der Waals surface area contributed by atoms with Gasteiger partial charge in [0.15, 0.2) is 0 Å². The Bertz CT molecular complexity index is 471. The summed E-state index contributed by atoms with van der Waals surface area (Å²) in [7, 11) is 0. The van der Waals surface area contributed by atoms with Crippen LogP contribution in [0.2, 0.25) is 0 Å². The van der Waals surface area contributed by atoms with Crippen molar-refractivity contribution in [3.63, 3.8) is 0 Å². The van der Waals surface area contributed by atoms with Crippen LogP contribution in [0, 0.1) is 13.8 Å². The van der Waals surface area contributed by atoms with Crippen molar-refractivity contribution in [2.45, 2.75) is 20.3 Å². The quantitative estimate of drug-likeness (QED) is 0.859. The smallest absolute Gasteiger partial charge is 0.226 e. The fourth-order valence-corrected chi connectivity index (χ4v) is 1.59. The zero-order chi connectivity index (χ0) is 11.5. The van der Waals surface area contributed by atoms with Crippen LogP contribution in [-0.2, 0) is 6.42 Å². The Kier molecular flexibility index (Phi) is 3.06. The Morgan fingerprint density at radius 3 is 2.50 bits per heavy atom. The van der Waals surface area contributed by atoms with E-state index in [1.54, 1.807) is 0 Å². The van der Waals surface area contributed by atoms with E-state index < -0.39 is 0 Å². The molecule has 0 aliphatic heterocycles. The summed E-state index contributed by atoms with van der Waals surface area (Å²) in [5.41, 5.74) is 3.01. The van der Waals surface area contributed by atoms with Crippen LogP contribution in [0.25, 0.3) is 11.5 Å². The van der Waals surface area contributed by atoms with Crippen LogP contribution < -0.4 is 0 Å². The van der Waals surface area contributed by atoms with Crippen LogP contribution in [0.5, 0.6) is 0 Å². The molecular formula is C13H15NO2. The minimum absolute atomic E-state index is 0.0979. The first-order valence-electron chi connectivity index (χ1n) is 5.35. The molecular weight excluding hydrogens is 202 g/mol. The predicted molar refractivity (Wildman–Crippen MR) is 62.2 cm³/mol. The largest absolute Gasteiger partial charge is 0.441 e. The highest BCUT2D eigenvalue weighted by Crippen LogP contribution is 2.22. The Morgan fingerprint density at radius 1 is 1.19 bits per heavy atom. The Balaban J connectivity index is 2.33. The highest BCUT2D eigenvalue weighted by molar-refractivity contribution is 5.54. The average Bonchev–Trinajstić information content (AvgIpc) is 2.62. The van der Waals surface area contributed by atoms with Crippen molar-refractivity contribution < 1.29 is 9.52 Å². The van der Waals surface area contributed by atoms with Crippen molar-refractivity contribution in [3.05, 3.63) is 41.3 Å². The number of rotatable bonds is 3. The first-order valence-corrected chi connectivity index (χ1v) is 5.35. The van der Waals surface area contributed by atoms with Crippen molar-refractivity contribution in [2.24, 2.45) is 0 Å². The molecule has 0 unspecified atom stereocenters. The van der Waals surface area contributed by atoms with E-state index in [-0.39, 0.29) is 6.61 Å². The topological polar surface area (TPSA) is 46.3 Å². The molecule has 0 amide bonds. The van der Waals surface area contributed by atoms with E-state index in [0.717, 1.165) is 17.0 Å². The van der Waals surface area contributed by atoms with Crippen LogP contribution in [0.1, 0.15) is 17.0 Å². The lowest BCUT2D eigenvalue weighted by atomic mass is 10.1. The summed E-state index contributed by atoms with van der Waals surface area (Å²) >= 11 is 0. The van der Waals surface area contributed by atoms with E-state index in [9.17, 15) is 0 Å². The van der Waals surface area contributed by atoms with Gasteiger partial charge in [0.2, 0.25) is 5.89 Å². The van der Waals surface area contributed by atoms with Gasteiger partial charge in [0.1, 0.15) is 5.76 Å². The number of aliphatic hydroxyl groups excluding tert-OH is 1. The molecule has 1 aromatic carbocycles. The maximum Gasteiger partial charge on any atom is 0.226 e. The average molecular weight is 217 g/mol. The third-order valence-electron chi connectivity index (χ3n) is 2.54. The molecule has 3 heteroatoms. The zero-order valence-corrected chi connectivity index (χ0v) is 9.53. The first kappa shape index (κ1) is 10.9. The molecule has 3 nitrogen and oxygen atoms in total. The molecule has 1 aromatic heterocycles. The summed E-state index contributed by atoms with van der Waals surface area (Å²) in [6.07, 6.45) is 0.543. The maximum atomic E-state index is 8.88. The van der Waals surface area contributed by atoms with E-state index in [2.05, 4.69) is 4.98 Å². The van der Waals surface area contributed by atoms with E-state index in [1.807, 2.05) is 38.1 Å². The van der Waals surface area contributed by atoms with Crippen LogP contribution >= 0.6 is 0 Å². The number of aryl methyl sites for hydroxylation is 2. The van der Waals surface area contributed by atoms with Gasteiger partial charge in [0.05, 0.1) is 5.69 Å². The van der Waals surface area contributed by atoms with Gasteiger partial charge in [-0.3, -0.25) is 0 Å². The van der Waals surface area contributed by atoms with E-state index >= 15 is 0 Å². The lowest BCUT2D eigenvalue weighted by Gasteiger charge is -1.95. The molecule has 0 saturated carbocycles. The second kappa shape index (κ2) is 4.49. The lowest BCUT2D eigenvalue weighted by Crippen LogP contribution is -1.92. The molecule has 0 aliphatic carbocycles. The summed E-state index contributed by atoms with van der Waals surface area (Å²) < 4.78 is 5.57. The van der Waals surface area contributed by atoms with E-state index in [0.29, 0.717) is 12.3 Å². The Hall–Kier alpha value is -1.61. The molecule has 2 rings (SSSR count). The minimum Gasteiger partial charge on any atom is -0.441 e. The number of aromatic nitrogens is 1. The third kappa shape index (κ3) is 2.14. The maximum absolute atomic E-state index is 8.88. The van der Waals surface area contributed by atoms with Crippen molar-refractivity contribution in [2.75, 3.05) is 6.61 Å². The van der Waals surface area contributed by atoms with Crippen molar-refractivity contribution >= 4 is 0 Å². The van der Waals surface area contributed by atoms with Crippen LogP contribution in [0.15, 0.2) is 28.7 Å². The van der Waals surface area contributed by atoms with Crippen LogP contribution in [-0.4, -0.2) is 16.7 Å². The van der Waals surface area contributed by atoms with Gasteiger partial charge in [-0.1, -0.05) is 17.7 Å². The van der Waals surface area contributed by atoms with Gasteiger partial charge in [0, 0.05) is 18.6 Å². The molecule has 0 spiro atoms. The number of hydrogen-bond donors (Lipinski definition) is 1. The SMILES string of the molecule is Cc1ccc(-c2nc(CCO)c(C)o2)cc1. The summed E-state index contributed by atoms with van der Waals surface area (Å²) in [4.78, 5) is 4.37. The van der Waals surface area contributed by atoms with Crippen molar-refractivity contribution in [1.82, 2.24) is 4.98 Å². The third-order valence-corrected chi connectivity index (χ3v) is 2.54. The van der Waals surface area contributed by atoms with Gasteiger partial charge in [-0.05, 0) is 26.0 Å². The number of oxazole rings is 1. The van der Waals surface area contributed by atoms with Crippen molar-refractivity contribution in [3.8, 4) is 11.5 Å². The molecule has 1 N–H and O–H groups in total. The molecule has 16 heavy (non-hydrogen) atoms. The predicted octanol–water partition coefficient (Wildman–Crippen LogP) is 2.49. The molecule has 0 aliphatic rings. The Labute approximate surface area is 94.8 Å². The fraction of sp³-hybridized carbons (Fsp3) is 0.308. The molecule has 0 fully saturated rings. The summed E-state index contributed by atoms with van der Waals surface area (Å²) in [5.74, 6) is 1.41. The normalized spacial score (nSPS) is 10.7. The molecule has 0 saturated heterocycles. The van der Waals surface area contributed by atoms with Gasteiger partial charge in [0.25, 0.3) is 0 Å². The van der Waals surface area contributed by atoms with Crippen molar-refractivity contribution in [1.29, 1.82) is 0 Å². The minimum atomic E-state index is 0.0979. The molecule has 0 radical (unpaired) electrons. The molecule has 0 atom stereocenters. The second-order valence-corrected chi connectivity index (χ2v) is 3.86. The standard InChI is InChI=1S/C13H15NO2/c1-9-3-5-11(6-4-9)13-14-12(7-8-15)10(2)16-13/h3-6,15H,7-8H2,1-2H3. The number of hydrogen-bond acceptors (Lipinski definition) is 3. The molecule has 84 valence electrons. The highest BCUT2D eigenvalue weighted by atomic mass is 16.4. The second-order valence-electron chi connectivity index (χ2n) is 3.86. The van der Waals surface area contributed by atoms with Crippen LogP contribution in [0.4, 0.5) is 0 Å². The zero-order valence-electron chi connectivity index (χ0n) is 9.53. The van der Waals surface area contributed by atoms with Gasteiger partial charge in [-0.2, -0.15) is 0 Å². The molecule has 2 aromatic rings. The Morgan fingerprint density at radius 2 is 1.88 bits per heavy atom. The summed E-state index contributed by atoms with van der Waals surface area (Å²) in [6, 6.07) is 8.04. The molecule has 1 heterocycles. The number of aliphatic hydroxyl groups is 1. The highest BCUT2D eigenvalue weighted by Gasteiger charge is 2.10. The monoisotopic (exact) mass is 217 g/mol. The van der Waals surface area contributed by atoms with Gasteiger partial charge < -0.3 is 9.52 Å². The lowest BCUT2D eigenvalue weighted by molar-refractivity contribution is 0.297. The number of benzene rings is 1. The van der Waals surface area contributed by atoms with E-state index in [1.165, 1.54) is 5.56 Å². The van der Waals surface area contributed by atoms with Crippen LogP contribution in [0.3, 0.4) is 0 Å². The van der Waals surface area contributed by atoms with Gasteiger partial charge in [-0.25, -0.2) is 4.98 Å². The number of nitrogens with zero attached hydrogens (tertiary/aromatic N) is 1. The van der Waals surface area contributed by atoms with Gasteiger partial charge in [-0.15, -0.1) is 0 Å². The van der Waals surface area contributed by atoms with Gasteiger partial charge >= 0.3 is 0 Å². The summed E-state index contributed by atoms with van der Waals surface area (Å²) in [5, 5.41) is 8.88. The summed E-state index contributed by atoms with van der Waals surface area (Å²) in [6.45, 7) is 4.01. The van der Waals surface area contributed by atoms with E-state index in [4.69, 9.17) is 9.52 Å². The fourth-order valence-electron chi connectivity index (χ4n) is 1.59.